The van der Waals surface area contributed by atoms with E-state index in [1.165, 1.54) is 10.5 Å². The van der Waals surface area contributed by atoms with Crippen LogP contribution >= 0.6 is 11.8 Å². The average molecular weight is 304 g/mol. The van der Waals surface area contributed by atoms with Gasteiger partial charge in [0.1, 0.15) is 6.04 Å². The molecule has 21 heavy (non-hydrogen) atoms. The Hall–Kier alpha value is -1.49. The van der Waals surface area contributed by atoms with Crippen molar-refractivity contribution in [3.8, 4) is 0 Å². The monoisotopic (exact) mass is 304 g/mol. The van der Waals surface area contributed by atoms with Crippen molar-refractivity contribution < 1.29 is 9.59 Å². The highest BCUT2D eigenvalue weighted by molar-refractivity contribution is 8.00. The number of rotatable bonds is 3. The minimum absolute atomic E-state index is 0.0474. The van der Waals surface area contributed by atoms with Crippen molar-refractivity contribution >= 4 is 23.6 Å². The van der Waals surface area contributed by atoms with Crippen LogP contribution in [0.1, 0.15) is 19.4 Å². The minimum Gasteiger partial charge on any atom is -0.343 e. The molecular formula is C16H20N2O2S. The third-order valence-electron chi connectivity index (χ3n) is 4.03. The lowest BCUT2D eigenvalue weighted by atomic mass is 10.0. The average Bonchev–Trinajstić information content (AvgIpc) is 2.84. The van der Waals surface area contributed by atoms with Crippen LogP contribution in [0.15, 0.2) is 29.2 Å². The molecule has 1 saturated heterocycles. The molecule has 2 aliphatic heterocycles. The fraction of sp³-hybridized carbons (Fsp3) is 0.500. The molecule has 0 bridgehead atoms. The molecule has 112 valence electrons. The molecule has 1 aromatic rings. The van der Waals surface area contributed by atoms with Crippen LogP contribution in [0.3, 0.4) is 0 Å². The molecule has 0 spiro atoms. The Labute approximate surface area is 129 Å². The molecule has 1 N–H and O–H groups in total. The predicted octanol–water partition coefficient (Wildman–Crippen LogP) is 1.69. The van der Waals surface area contributed by atoms with Gasteiger partial charge in [-0.3, -0.25) is 9.59 Å². The summed E-state index contributed by atoms with van der Waals surface area (Å²) in [6, 6.07) is 7.99. The van der Waals surface area contributed by atoms with Crippen molar-refractivity contribution in [2.45, 2.75) is 36.5 Å². The van der Waals surface area contributed by atoms with E-state index in [1.54, 1.807) is 4.90 Å². The number of piperazine rings is 1. The Kier molecular flexibility index (Phi) is 3.93. The van der Waals surface area contributed by atoms with E-state index >= 15 is 0 Å². The van der Waals surface area contributed by atoms with Gasteiger partial charge in [0.15, 0.2) is 0 Å². The maximum absolute atomic E-state index is 12.5. The van der Waals surface area contributed by atoms with Crippen LogP contribution in [0.25, 0.3) is 0 Å². The van der Waals surface area contributed by atoms with Gasteiger partial charge in [0.25, 0.3) is 0 Å². The van der Waals surface area contributed by atoms with E-state index in [4.69, 9.17) is 0 Å². The van der Waals surface area contributed by atoms with Crippen LogP contribution in [-0.4, -0.2) is 41.1 Å². The number of amides is 2. The van der Waals surface area contributed by atoms with E-state index in [0.29, 0.717) is 11.8 Å². The Bertz CT molecular complexity index is 548. The van der Waals surface area contributed by atoms with Gasteiger partial charge in [-0.25, -0.2) is 0 Å². The molecule has 1 fully saturated rings. The third-order valence-corrected chi connectivity index (χ3v) is 5.33. The Balaban J connectivity index is 1.68. The minimum atomic E-state index is -0.375. The van der Waals surface area contributed by atoms with Gasteiger partial charge in [-0.1, -0.05) is 32.0 Å². The van der Waals surface area contributed by atoms with Crippen LogP contribution in [0.5, 0.6) is 0 Å². The number of nitrogens with one attached hydrogen (secondary N) is 1. The maximum atomic E-state index is 12.5. The van der Waals surface area contributed by atoms with Gasteiger partial charge in [0.05, 0.1) is 6.54 Å². The molecule has 0 aromatic heterocycles. The van der Waals surface area contributed by atoms with Gasteiger partial charge in [-0.05, 0) is 24.0 Å². The fourth-order valence-electron chi connectivity index (χ4n) is 2.94. The molecule has 2 unspecified atom stereocenters. The molecule has 4 nitrogen and oxygen atoms in total. The lowest BCUT2D eigenvalue weighted by Crippen LogP contribution is -2.60. The highest BCUT2D eigenvalue weighted by atomic mass is 32.2. The number of carbonyl (C=O) groups is 2. The van der Waals surface area contributed by atoms with E-state index in [1.807, 2.05) is 31.7 Å². The van der Waals surface area contributed by atoms with E-state index in [9.17, 15) is 9.59 Å². The van der Waals surface area contributed by atoms with Crippen molar-refractivity contribution in [2.24, 2.45) is 5.92 Å². The number of nitrogens with zero attached hydrogens (tertiary/aromatic N) is 1. The molecule has 2 heterocycles. The van der Waals surface area contributed by atoms with Crippen molar-refractivity contribution in [1.29, 1.82) is 0 Å². The standard InChI is InChI=1S/C16H20N2O2S/c1-10(2)15-16(20)18(9-14(19)17-15)8-12-7-11-5-3-4-6-13(11)21-12/h3-6,10,12,15H,7-9H2,1-2H3,(H,17,19). The highest BCUT2D eigenvalue weighted by Gasteiger charge is 2.36. The van der Waals surface area contributed by atoms with Crippen molar-refractivity contribution in [1.82, 2.24) is 10.2 Å². The molecule has 1 aromatic carbocycles. The summed E-state index contributed by atoms with van der Waals surface area (Å²) in [6.07, 6.45) is 0.971. The smallest absolute Gasteiger partial charge is 0.245 e. The fourth-order valence-corrected chi connectivity index (χ4v) is 4.27. The van der Waals surface area contributed by atoms with E-state index in [-0.39, 0.29) is 30.3 Å². The summed E-state index contributed by atoms with van der Waals surface area (Å²) >= 11 is 1.82. The van der Waals surface area contributed by atoms with Gasteiger partial charge in [0.2, 0.25) is 11.8 Å². The quantitative estimate of drug-likeness (QED) is 0.924. The van der Waals surface area contributed by atoms with Gasteiger partial charge in [-0.15, -0.1) is 11.8 Å². The van der Waals surface area contributed by atoms with Crippen molar-refractivity contribution in [2.75, 3.05) is 13.1 Å². The van der Waals surface area contributed by atoms with Crippen LogP contribution in [0.2, 0.25) is 0 Å². The predicted molar refractivity (Wildman–Crippen MR) is 83.1 cm³/mol. The molecular weight excluding hydrogens is 284 g/mol. The number of benzene rings is 1. The van der Waals surface area contributed by atoms with Crippen LogP contribution in [0, 0.1) is 5.92 Å². The summed E-state index contributed by atoms with van der Waals surface area (Å²) in [4.78, 5) is 27.3. The first-order valence-corrected chi connectivity index (χ1v) is 8.25. The summed E-state index contributed by atoms with van der Waals surface area (Å²) in [7, 11) is 0. The molecule has 0 aliphatic carbocycles. The second-order valence-electron chi connectivity index (χ2n) is 6.06. The number of fused-ring (bicyclic) bond motifs is 1. The molecule has 2 amide bonds. The first kappa shape index (κ1) is 14.4. The van der Waals surface area contributed by atoms with E-state index in [2.05, 4.69) is 23.5 Å². The summed E-state index contributed by atoms with van der Waals surface area (Å²) < 4.78 is 0. The maximum Gasteiger partial charge on any atom is 0.245 e. The first-order valence-electron chi connectivity index (χ1n) is 7.37. The molecule has 3 rings (SSSR count). The van der Waals surface area contributed by atoms with Crippen molar-refractivity contribution in [3.05, 3.63) is 29.8 Å². The van der Waals surface area contributed by atoms with Crippen molar-refractivity contribution in [3.63, 3.8) is 0 Å². The van der Waals surface area contributed by atoms with Gasteiger partial charge >= 0.3 is 0 Å². The normalized spacial score (nSPS) is 25.2. The summed E-state index contributed by atoms with van der Waals surface area (Å²) in [6.45, 7) is 4.77. The number of carbonyl (C=O) groups excluding carboxylic acids is 2. The lowest BCUT2D eigenvalue weighted by molar-refractivity contribution is -0.145. The zero-order valence-electron chi connectivity index (χ0n) is 12.3. The van der Waals surface area contributed by atoms with Gasteiger partial charge in [-0.2, -0.15) is 0 Å². The van der Waals surface area contributed by atoms with Gasteiger partial charge in [0, 0.05) is 16.7 Å². The molecule has 2 atom stereocenters. The highest BCUT2D eigenvalue weighted by Crippen LogP contribution is 2.37. The summed E-state index contributed by atoms with van der Waals surface area (Å²) in [5, 5.41) is 3.15. The number of hydrogen-bond acceptors (Lipinski definition) is 3. The van der Waals surface area contributed by atoms with Crippen LogP contribution in [0.4, 0.5) is 0 Å². The largest absolute Gasteiger partial charge is 0.343 e. The van der Waals surface area contributed by atoms with Crippen LogP contribution in [-0.2, 0) is 16.0 Å². The second kappa shape index (κ2) is 5.72. The number of thioether (sulfide) groups is 1. The van der Waals surface area contributed by atoms with Gasteiger partial charge < -0.3 is 10.2 Å². The Morgan fingerprint density at radius 2 is 2.10 bits per heavy atom. The third kappa shape index (κ3) is 2.93. The number of hydrogen-bond donors (Lipinski definition) is 1. The SMILES string of the molecule is CC(C)C1NC(=O)CN(CC2Cc3ccccc3S2)C1=O. The second-order valence-corrected chi connectivity index (χ2v) is 7.40. The first-order chi connectivity index (χ1) is 10.0. The zero-order chi connectivity index (χ0) is 15.0. The Morgan fingerprint density at radius 3 is 2.81 bits per heavy atom. The molecule has 0 radical (unpaired) electrons. The lowest BCUT2D eigenvalue weighted by Gasteiger charge is -2.35. The van der Waals surface area contributed by atoms with Crippen LogP contribution < -0.4 is 5.32 Å². The summed E-state index contributed by atoms with van der Waals surface area (Å²) in [5.41, 5.74) is 1.35. The Morgan fingerprint density at radius 1 is 1.33 bits per heavy atom. The zero-order valence-corrected chi connectivity index (χ0v) is 13.2. The molecule has 2 aliphatic rings. The molecule has 5 heteroatoms. The topological polar surface area (TPSA) is 49.4 Å². The van der Waals surface area contributed by atoms with E-state index in [0.717, 1.165) is 6.42 Å². The van der Waals surface area contributed by atoms with E-state index < -0.39 is 0 Å². The molecule has 0 saturated carbocycles. The summed E-state index contributed by atoms with van der Waals surface area (Å²) in [5.74, 6) is 0.132.